The highest BCUT2D eigenvalue weighted by molar-refractivity contribution is 6.01. The SMILES string of the molecule is COC(=O)c1cc2cc3c(cc2cc1N)OC(C)(c1ccccc1)O3. The van der Waals surface area contributed by atoms with Crippen LogP contribution in [-0.2, 0) is 10.5 Å². The summed E-state index contributed by atoms with van der Waals surface area (Å²) in [6.07, 6.45) is 0. The zero-order chi connectivity index (χ0) is 17.6. The standard InChI is InChI=1S/C20H17NO4/c1-20(14-6-4-3-5-7-14)24-17-10-12-8-15(19(22)23-2)16(21)9-13(12)11-18(17)25-20/h3-11H,21H2,1-2H3. The van der Waals surface area contributed by atoms with Gasteiger partial charge in [0.05, 0.1) is 12.7 Å². The number of nitrogen functional groups attached to an aromatic ring is 1. The largest absolute Gasteiger partial charge is 0.465 e. The average Bonchev–Trinajstić information content (AvgIpc) is 2.95. The van der Waals surface area contributed by atoms with Crippen LogP contribution in [0.4, 0.5) is 5.69 Å². The Balaban J connectivity index is 1.80. The van der Waals surface area contributed by atoms with E-state index in [1.807, 2.05) is 49.4 Å². The van der Waals surface area contributed by atoms with Crippen molar-refractivity contribution in [2.24, 2.45) is 0 Å². The third kappa shape index (κ3) is 2.45. The van der Waals surface area contributed by atoms with Crippen molar-refractivity contribution in [1.82, 2.24) is 0 Å². The van der Waals surface area contributed by atoms with Gasteiger partial charge in [-0.2, -0.15) is 0 Å². The predicted molar refractivity (Wildman–Crippen MR) is 94.7 cm³/mol. The Morgan fingerprint density at radius 3 is 2.20 bits per heavy atom. The van der Waals surface area contributed by atoms with Gasteiger partial charge in [0.2, 0.25) is 0 Å². The van der Waals surface area contributed by atoms with Crippen molar-refractivity contribution in [3.8, 4) is 11.5 Å². The van der Waals surface area contributed by atoms with Crippen molar-refractivity contribution in [2.75, 3.05) is 12.8 Å². The van der Waals surface area contributed by atoms with E-state index in [4.69, 9.17) is 19.9 Å². The van der Waals surface area contributed by atoms with Gasteiger partial charge in [0.1, 0.15) is 0 Å². The van der Waals surface area contributed by atoms with Gasteiger partial charge in [0.25, 0.3) is 5.79 Å². The van der Waals surface area contributed by atoms with Crippen molar-refractivity contribution in [3.05, 3.63) is 65.7 Å². The van der Waals surface area contributed by atoms with E-state index >= 15 is 0 Å². The van der Waals surface area contributed by atoms with Crippen molar-refractivity contribution in [3.63, 3.8) is 0 Å². The van der Waals surface area contributed by atoms with Gasteiger partial charge in [-0.15, -0.1) is 0 Å². The number of fused-ring (bicyclic) bond motifs is 2. The third-order valence-corrected chi connectivity index (χ3v) is 4.38. The molecular formula is C20H17NO4. The van der Waals surface area contributed by atoms with Crippen LogP contribution in [0, 0.1) is 0 Å². The Labute approximate surface area is 144 Å². The molecule has 3 aromatic rings. The summed E-state index contributed by atoms with van der Waals surface area (Å²) in [4.78, 5) is 11.8. The Bertz CT molecular complexity index is 984. The van der Waals surface area contributed by atoms with Gasteiger partial charge in [0.15, 0.2) is 11.5 Å². The first-order valence-corrected chi connectivity index (χ1v) is 7.89. The number of ether oxygens (including phenoxy) is 3. The normalized spacial score (nSPS) is 18.3. The molecule has 1 atom stereocenters. The molecule has 2 N–H and O–H groups in total. The van der Waals surface area contributed by atoms with E-state index in [9.17, 15) is 4.79 Å². The average molecular weight is 335 g/mol. The zero-order valence-electron chi connectivity index (χ0n) is 13.9. The molecule has 0 spiro atoms. The summed E-state index contributed by atoms with van der Waals surface area (Å²) < 4.78 is 16.9. The van der Waals surface area contributed by atoms with Crippen LogP contribution >= 0.6 is 0 Å². The molecule has 1 unspecified atom stereocenters. The minimum absolute atomic E-state index is 0.333. The van der Waals surface area contributed by atoms with Gasteiger partial charge in [-0.1, -0.05) is 30.3 Å². The van der Waals surface area contributed by atoms with E-state index in [0.717, 1.165) is 16.3 Å². The number of carbonyl (C=O) groups is 1. The summed E-state index contributed by atoms with van der Waals surface area (Å²) in [5, 5.41) is 1.69. The van der Waals surface area contributed by atoms with Gasteiger partial charge in [-0.25, -0.2) is 4.79 Å². The van der Waals surface area contributed by atoms with E-state index in [-0.39, 0.29) is 0 Å². The minimum Gasteiger partial charge on any atom is -0.465 e. The highest BCUT2D eigenvalue weighted by Gasteiger charge is 2.38. The zero-order valence-corrected chi connectivity index (χ0v) is 13.9. The lowest BCUT2D eigenvalue weighted by atomic mass is 10.0. The lowest BCUT2D eigenvalue weighted by Crippen LogP contribution is -2.31. The molecule has 0 bridgehead atoms. The lowest BCUT2D eigenvalue weighted by Gasteiger charge is -2.23. The van der Waals surface area contributed by atoms with Crippen molar-refractivity contribution >= 4 is 22.4 Å². The summed E-state index contributed by atoms with van der Waals surface area (Å²) in [6, 6.07) is 16.9. The Morgan fingerprint density at radius 1 is 1.00 bits per heavy atom. The highest BCUT2D eigenvalue weighted by Crippen LogP contribution is 2.46. The molecule has 0 radical (unpaired) electrons. The van der Waals surface area contributed by atoms with Crippen LogP contribution in [0.25, 0.3) is 10.8 Å². The molecule has 0 amide bonds. The van der Waals surface area contributed by atoms with E-state index in [1.54, 1.807) is 12.1 Å². The van der Waals surface area contributed by atoms with E-state index in [2.05, 4.69) is 0 Å². The molecule has 0 saturated heterocycles. The van der Waals surface area contributed by atoms with Crippen molar-refractivity contribution in [2.45, 2.75) is 12.7 Å². The van der Waals surface area contributed by atoms with Crippen molar-refractivity contribution in [1.29, 1.82) is 0 Å². The van der Waals surface area contributed by atoms with Crippen LogP contribution in [0.15, 0.2) is 54.6 Å². The van der Waals surface area contributed by atoms with Gasteiger partial charge < -0.3 is 19.9 Å². The number of esters is 1. The molecule has 3 aromatic carbocycles. The van der Waals surface area contributed by atoms with Gasteiger partial charge in [-0.05, 0) is 35.0 Å². The van der Waals surface area contributed by atoms with E-state index in [1.165, 1.54) is 7.11 Å². The molecule has 4 rings (SSSR count). The fraction of sp³-hybridized carbons (Fsp3) is 0.150. The smallest absolute Gasteiger partial charge is 0.339 e. The number of nitrogens with two attached hydrogens (primary N) is 1. The minimum atomic E-state index is -0.891. The maximum absolute atomic E-state index is 11.8. The number of hydrogen-bond acceptors (Lipinski definition) is 5. The van der Waals surface area contributed by atoms with Crippen molar-refractivity contribution < 1.29 is 19.0 Å². The topological polar surface area (TPSA) is 70.8 Å². The maximum atomic E-state index is 11.8. The first kappa shape index (κ1) is 15.3. The first-order chi connectivity index (χ1) is 12.0. The molecule has 1 aliphatic heterocycles. The Hall–Kier alpha value is -3.21. The summed E-state index contributed by atoms with van der Waals surface area (Å²) in [5.74, 6) is -0.0905. The molecule has 5 heteroatoms. The summed E-state index contributed by atoms with van der Waals surface area (Å²) >= 11 is 0. The van der Waals surface area contributed by atoms with E-state index < -0.39 is 11.8 Å². The monoisotopic (exact) mass is 335 g/mol. The Kier molecular flexibility index (Phi) is 3.32. The third-order valence-electron chi connectivity index (χ3n) is 4.38. The molecule has 0 aromatic heterocycles. The molecule has 5 nitrogen and oxygen atoms in total. The highest BCUT2D eigenvalue weighted by atomic mass is 16.7. The lowest BCUT2D eigenvalue weighted by molar-refractivity contribution is -0.0679. The molecule has 1 heterocycles. The fourth-order valence-electron chi connectivity index (χ4n) is 3.07. The number of hydrogen-bond donors (Lipinski definition) is 1. The number of carbonyl (C=O) groups excluding carboxylic acids is 1. The second-order valence-electron chi connectivity index (χ2n) is 6.09. The second kappa shape index (κ2) is 5.41. The number of methoxy groups -OCH3 is 1. The molecule has 0 aliphatic carbocycles. The molecule has 126 valence electrons. The number of rotatable bonds is 2. The molecular weight excluding hydrogens is 318 g/mol. The van der Waals surface area contributed by atoms with Crippen LogP contribution in [0.2, 0.25) is 0 Å². The summed E-state index contributed by atoms with van der Waals surface area (Å²) in [6.45, 7) is 1.88. The summed E-state index contributed by atoms with van der Waals surface area (Å²) in [5.41, 5.74) is 7.60. The predicted octanol–water partition coefficient (Wildman–Crippen LogP) is 3.85. The fourth-order valence-corrected chi connectivity index (χ4v) is 3.07. The molecule has 0 fully saturated rings. The van der Waals surface area contributed by atoms with Gasteiger partial charge in [-0.3, -0.25) is 0 Å². The molecule has 25 heavy (non-hydrogen) atoms. The van der Waals surface area contributed by atoms with Crippen LogP contribution in [0.1, 0.15) is 22.8 Å². The van der Waals surface area contributed by atoms with Crippen LogP contribution < -0.4 is 15.2 Å². The van der Waals surface area contributed by atoms with Gasteiger partial charge in [0, 0.05) is 18.2 Å². The maximum Gasteiger partial charge on any atom is 0.339 e. The number of anilines is 1. The van der Waals surface area contributed by atoms with Gasteiger partial charge >= 0.3 is 5.97 Å². The Morgan fingerprint density at radius 2 is 1.60 bits per heavy atom. The quantitative estimate of drug-likeness (QED) is 0.569. The second-order valence-corrected chi connectivity index (χ2v) is 6.09. The molecule has 1 aliphatic rings. The van der Waals surface area contributed by atoms with Crippen LogP contribution in [0.5, 0.6) is 11.5 Å². The summed E-state index contributed by atoms with van der Waals surface area (Å²) in [7, 11) is 1.33. The number of benzene rings is 3. The first-order valence-electron chi connectivity index (χ1n) is 7.89. The van der Waals surface area contributed by atoms with Crippen LogP contribution in [-0.4, -0.2) is 13.1 Å². The van der Waals surface area contributed by atoms with Crippen LogP contribution in [0.3, 0.4) is 0 Å². The molecule has 0 saturated carbocycles. The van der Waals surface area contributed by atoms with E-state index in [0.29, 0.717) is 22.7 Å².